The Labute approximate surface area is 90.9 Å². The summed E-state index contributed by atoms with van der Waals surface area (Å²) in [6, 6.07) is 8.87. The van der Waals surface area contributed by atoms with Crippen molar-refractivity contribution < 1.29 is 10.3 Å². The molecule has 0 aliphatic heterocycles. The van der Waals surface area contributed by atoms with Crippen molar-refractivity contribution in [3.63, 3.8) is 0 Å². The van der Waals surface area contributed by atoms with Gasteiger partial charge < -0.3 is 5.11 Å². The molecule has 15 heavy (non-hydrogen) atoms. The highest BCUT2D eigenvalue weighted by molar-refractivity contribution is 5.19. The van der Waals surface area contributed by atoms with E-state index in [2.05, 4.69) is 0 Å². The smallest absolute Gasteiger partial charge is 0.0869 e. The monoisotopic (exact) mass is 208 g/mol. The van der Waals surface area contributed by atoms with E-state index >= 15 is 0 Å². The summed E-state index contributed by atoms with van der Waals surface area (Å²) in [5.74, 6) is 0. The Morgan fingerprint density at radius 1 is 1.27 bits per heavy atom. The zero-order valence-electron chi connectivity index (χ0n) is 9.47. The van der Waals surface area contributed by atoms with Gasteiger partial charge in [0.25, 0.3) is 0 Å². The van der Waals surface area contributed by atoms with Crippen molar-refractivity contribution in [2.75, 3.05) is 6.61 Å². The van der Waals surface area contributed by atoms with Crippen molar-refractivity contribution in [3.8, 4) is 0 Å². The van der Waals surface area contributed by atoms with Crippen molar-refractivity contribution in [2.24, 2.45) is 0 Å². The van der Waals surface area contributed by atoms with Crippen LogP contribution in [0.2, 0.25) is 0 Å². The first-order valence-electron chi connectivity index (χ1n) is 5.09. The number of aliphatic hydroxyl groups is 1. The number of hydrogen-bond acceptors (Lipinski definition) is 2. The van der Waals surface area contributed by atoms with Gasteiger partial charge in [0.05, 0.1) is 12.6 Å². The molecule has 0 amide bonds. The molecule has 0 saturated heterocycles. The Kier molecular flexibility index (Phi) is 3.85. The highest BCUT2D eigenvalue weighted by Crippen LogP contribution is 2.25. The van der Waals surface area contributed by atoms with Crippen LogP contribution in [0.15, 0.2) is 30.3 Å². The van der Waals surface area contributed by atoms with Crippen molar-refractivity contribution in [3.05, 3.63) is 35.9 Å². The summed E-state index contributed by atoms with van der Waals surface area (Å²) in [5.41, 5.74) is 0.355. The van der Waals surface area contributed by atoms with Crippen LogP contribution in [0, 0.1) is 0 Å². The summed E-state index contributed by atoms with van der Waals surface area (Å²) in [5, 5.41) is 22.2. The third-order valence-electron chi connectivity index (χ3n) is 2.30. The highest BCUT2D eigenvalue weighted by atomic mass is 16.5. The molecule has 1 unspecified atom stereocenters. The number of aliphatic hydroxyl groups excluding tert-OH is 1. The SMILES string of the molecule is CC(C)(C)N([O])C(CO)c1ccccc1. The Morgan fingerprint density at radius 3 is 2.20 bits per heavy atom. The number of rotatable bonds is 3. The van der Waals surface area contributed by atoms with Gasteiger partial charge in [-0.1, -0.05) is 30.3 Å². The van der Waals surface area contributed by atoms with Crippen LogP contribution in [0.25, 0.3) is 0 Å². The van der Waals surface area contributed by atoms with Gasteiger partial charge >= 0.3 is 0 Å². The molecule has 1 N–H and O–H groups in total. The van der Waals surface area contributed by atoms with Gasteiger partial charge in [-0.05, 0) is 26.3 Å². The number of benzene rings is 1. The van der Waals surface area contributed by atoms with Crippen molar-refractivity contribution in [1.29, 1.82) is 0 Å². The third kappa shape index (κ3) is 3.02. The van der Waals surface area contributed by atoms with E-state index in [-0.39, 0.29) is 6.61 Å². The molecule has 3 nitrogen and oxygen atoms in total. The minimum Gasteiger partial charge on any atom is -0.394 e. The maximum absolute atomic E-state index is 12.0. The molecular formula is C12H18NO2. The summed E-state index contributed by atoms with van der Waals surface area (Å²) < 4.78 is 0. The van der Waals surface area contributed by atoms with E-state index in [9.17, 15) is 10.3 Å². The van der Waals surface area contributed by atoms with Crippen LogP contribution in [0.1, 0.15) is 32.4 Å². The summed E-state index contributed by atoms with van der Waals surface area (Å²) in [4.78, 5) is 0. The largest absolute Gasteiger partial charge is 0.394 e. The molecule has 1 radical (unpaired) electrons. The minimum atomic E-state index is -0.497. The van der Waals surface area contributed by atoms with Crippen LogP contribution >= 0.6 is 0 Å². The molecule has 1 aromatic carbocycles. The molecule has 0 aliphatic carbocycles. The first kappa shape index (κ1) is 12.2. The lowest BCUT2D eigenvalue weighted by Crippen LogP contribution is -2.41. The number of hydroxylamine groups is 2. The first-order valence-corrected chi connectivity index (χ1v) is 5.09. The lowest BCUT2D eigenvalue weighted by Gasteiger charge is -2.33. The fraction of sp³-hybridized carbons (Fsp3) is 0.500. The summed E-state index contributed by atoms with van der Waals surface area (Å²) in [7, 11) is 0. The molecule has 0 bridgehead atoms. The second-order valence-corrected chi connectivity index (χ2v) is 4.61. The molecule has 0 aromatic heterocycles. The normalized spacial score (nSPS) is 14.3. The molecule has 0 saturated carbocycles. The van der Waals surface area contributed by atoms with Crippen LogP contribution in [0.3, 0.4) is 0 Å². The molecule has 83 valence electrons. The van der Waals surface area contributed by atoms with Crippen LogP contribution in [0.5, 0.6) is 0 Å². The predicted octanol–water partition coefficient (Wildman–Crippen LogP) is 2.17. The van der Waals surface area contributed by atoms with E-state index in [1.54, 1.807) is 0 Å². The van der Waals surface area contributed by atoms with Gasteiger partial charge in [-0.15, -0.1) is 10.3 Å². The summed E-state index contributed by atoms with van der Waals surface area (Å²) >= 11 is 0. The number of nitrogens with zero attached hydrogens (tertiary/aromatic N) is 1. The van der Waals surface area contributed by atoms with Crippen LogP contribution in [0.4, 0.5) is 0 Å². The quantitative estimate of drug-likeness (QED) is 0.773. The molecule has 1 aromatic rings. The van der Waals surface area contributed by atoms with E-state index in [4.69, 9.17) is 0 Å². The molecular weight excluding hydrogens is 190 g/mol. The van der Waals surface area contributed by atoms with E-state index in [1.807, 2.05) is 51.1 Å². The minimum absolute atomic E-state index is 0.162. The van der Waals surface area contributed by atoms with Gasteiger partial charge in [0, 0.05) is 5.54 Å². The topological polar surface area (TPSA) is 43.4 Å². The second kappa shape index (κ2) is 4.75. The van der Waals surface area contributed by atoms with Gasteiger partial charge in [0.2, 0.25) is 0 Å². The summed E-state index contributed by atoms with van der Waals surface area (Å²) in [6.07, 6.45) is 0. The van der Waals surface area contributed by atoms with Crippen LogP contribution in [-0.2, 0) is 5.21 Å². The van der Waals surface area contributed by atoms with Crippen LogP contribution < -0.4 is 0 Å². The van der Waals surface area contributed by atoms with Gasteiger partial charge in [-0.3, -0.25) is 0 Å². The average Bonchev–Trinajstić information content (AvgIpc) is 2.19. The van der Waals surface area contributed by atoms with E-state index < -0.39 is 11.6 Å². The maximum Gasteiger partial charge on any atom is 0.0869 e. The Balaban J connectivity index is 2.90. The van der Waals surface area contributed by atoms with Gasteiger partial charge in [0.15, 0.2) is 0 Å². The van der Waals surface area contributed by atoms with E-state index in [0.717, 1.165) is 10.6 Å². The Bertz CT molecular complexity index is 292. The molecule has 1 rings (SSSR count). The van der Waals surface area contributed by atoms with Gasteiger partial charge in [-0.25, -0.2) is 0 Å². The first-order chi connectivity index (χ1) is 6.96. The Hall–Kier alpha value is -0.900. The molecule has 0 heterocycles. The lowest BCUT2D eigenvalue weighted by molar-refractivity contribution is -0.247. The fourth-order valence-corrected chi connectivity index (χ4v) is 1.46. The molecule has 0 aliphatic rings. The molecule has 1 atom stereocenters. The van der Waals surface area contributed by atoms with Crippen molar-refractivity contribution in [1.82, 2.24) is 5.06 Å². The Morgan fingerprint density at radius 2 is 1.80 bits per heavy atom. The average molecular weight is 208 g/mol. The van der Waals surface area contributed by atoms with Crippen molar-refractivity contribution in [2.45, 2.75) is 32.4 Å². The maximum atomic E-state index is 12.0. The van der Waals surface area contributed by atoms with Crippen molar-refractivity contribution >= 4 is 0 Å². The zero-order chi connectivity index (χ0) is 11.5. The lowest BCUT2D eigenvalue weighted by atomic mass is 10.0. The summed E-state index contributed by atoms with van der Waals surface area (Å²) in [6.45, 7) is 5.35. The molecule has 0 spiro atoms. The fourth-order valence-electron chi connectivity index (χ4n) is 1.46. The number of hydrogen-bond donors (Lipinski definition) is 1. The predicted molar refractivity (Wildman–Crippen MR) is 58.5 cm³/mol. The molecule has 3 heteroatoms. The van der Waals surface area contributed by atoms with E-state index in [0.29, 0.717) is 0 Å². The highest BCUT2D eigenvalue weighted by Gasteiger charge is 2.29. The van der Waals surface area contributed by atoms with Gasteiger partial charge in [0.1, 0.15) is 0 Å². The third-order valence-corrected chi connectivity index (χ3v) is 2.30. The standard InChI is InChI=1S/C12H18NO2/c1-12(2,3)13(15)11(9-14)10-7-5-4-6-8-10/h4-8,11,14H,9H2,1-3H3. The zero-order valence-corrected chi connectivity index (χ0v) is 9.47. The molecule has 0 fully saturated rings. The van der Waals surface area contributed by atoms with Crippen LogP contribution in [-0.4, -0.2) is 22.3 Å². The van der Waals surface area contributed by atoms with Gasteiger partial charge in [-0.2, -0.15) is 0 Å². The second-order valence-electron chi connectivity index (χ2n) is 4.61. The van der Waals surface area contributed by atoms with E-state index in [1.165, 1.54) is 0 Å².